The van der Waals surface area contributed by atoms with Crippen LogP contribution in [0.2, 0.25) is 0 Å². The molecule has 2 saturated heterocycles. The van der Waals surface area contributed by atoms with E-state index in [4.69, 9.17) is 0 Å². The lowest BCUT2D eigenvalue weighted by atomic mass is 9.87. The average Bonchev–Trinajstić information content (AvgIpc) is 3.14. The Kier molecular flexibility index (Phi) is 10.9. The van der Waals surface area contributed by atoms with Gasteiger partial charge in [0.1, 0.15) is 5.69 Å². The highest BCUT2D eigenvalue weighted by molar-refractivity contribution is 5.76. The monoisotopic (exact) mass is 561 g/mol. The third kappa shape index (κ3) is 8.85. The molecule has 0 saturated carbocycles. The molecule has 2 aliphatic heterocycles. The van der Waals surface area contributed by atoms with Crippen molar-refractivity contribution in [1.82, 2.24) is 14.8 Å². The van der Waals surface area contributed by atoms with Crippen LogP contribution in [0.4, 0.5) is 24.5 Å². The smallest absolute Gasteiger partial charge is 0.382 e. The van der Waals surface area contributed by atoms with E-state index in [0.717, 1.165) is 51.6 Å². The van der Waals surface area contributed by atoms with Gasteiger partial charge in [-0.05, 0) is 74.0 Å². The Balaban J connectivity index is 0.00000441. The number of benzene rings is 1. The van der Waals surface area contributed by atoms with E-state index in [1.54, 1.807) is 6.07 Å². The number of likely N-dealkylation sites (tertiary alicyclic amines) is 1. The Morgan fingerprint density at radius 2 is 1.68 bits per heavy atom. The molecule has 1 aromatic carbocycles. The van der Waals surface area contributed by atoms with Gasteiger partial charge in [0.2, 0.25) is 5.91 Å². The number of hydrogen-bond acceptors (Lipinski definition) is 5. The summed E-state index contributed by atoms with van der Waals surface area (Å²) in [5.74, 6) is 0.173. The van der Waals surface area contributed by atoms with Gasteiger partial charge in [0.05, 0.1) is 0 Å². The maximum Gasteiger partial charge on any atom is 0.433 e. The summed E-state index contributed by atoms with van der Waals surface area (Å²) in [4.78, 5) is 23.1. The maximum atomic E-state index is 12.9. The minimum Gasteiger partial charge on any atom is -0.382 e. The molecule has 1 N–H and O–H groups in total. The first-order valence-electron chi connectivity index (χ1n) is 14.1. The van der Waals surface area contributed by atoms with Crippen molar-refractivity contribution in [3.8, 4) is 0 Å². The zero-order valence-corrected chi connectivity index (χ0v) is 23.4. The van der Waals surface area contributed by atoms with Gasteiger partial charge in [0.25, 0.3) is 0 Å². The Labute approximate surface area is 237 Å². The average molecular weight is 562 g/mol. The molecule has 0 bridgehead atoms. The van der Waals surface area contributed by atoms with Crippen LogP contribution in [0.15, 0.2) is 42.6 Å². The Bertz CT molecular complexity index is 1080. The minimum absolute atomic E-state index is 0. The fraction of sp³-hybridized carbons (Fsp3) is 0.613. The summed E-state index contributed by atoms with van der Waals surface area (Å²) in [5, 5.41) is 3.18. The summed E-state index contributed by atoms with van der Waals surface area (Å²) >= 11 is 0. The molecule has 1 aromatic heterocycles. The lowest BCUT2D eigenvalue weighted by Gasteiger charge is -2.33. The summed E-state index contributed by atoms with van der Waals surface area (Å²) in [5.41, 5.74) is 2.30. The number of rotatable bonds is 7. The number of piperidine rings is 1. The van der Waals surface area contributed by atoms with E-state index >= 15 is 0 Å². The first-order valence-corrected chi connectivity index (χ1v) is 14.1. The Morgan fingerprint density at radius 1 is 0.975 bits per heavy atom. The number of pyridine rings is 1. The van der Waals surface area contributed by atoms with Crippen molar-refractivity contribution < 1.29 is 18.0 Å². The molecule has 40 heavy (non-hydrogen) atoms. The Hall–Kier alpha value is -2.81. The predicted octanol–water partition coefficient (Wildman–Crippen LogP) is 6.43. The van der Waals surface area contributed by atoms with Crippen LogP contribution >= 0.6 is 0 Å². The van der Waals surface area contributed by atoms with Crippen LogP contribution in [0.5, 0.6) is 0 Å². The fourth-order valence-electron chi connectivity index (χ4n) is 5.42. The molecule has 2 aliphatic rings. The van der Waals surface area contributed by atoms with Gasteiger partial charge < -0.3 is 20.0 Å². The third-order valence-electron chi connectivity index (χ3n) is 7.82. The fourth-order valence-corrected chi connectivity index (χ4v) is 5.42. The zero-order chi connectivity index (χ0) is 28.0. The number of aromatic nitrogens is 1. The zero-order valence-electron chi connectivity index (χ0n) is 23.4. The molecule has 0 atom stereocenters. The molecule has 9 heteroatoms. The van der Waals surface area contributed by atoms with E-state index in [-0.39, 0.29) is 24.8 Å². The van der Waals surface area contributed by atoms with E-state index in [9.17, 15) is 18.0 Å². The summed E-state index contributed by atoms with van der Waals surface area (Å²) in [7, 11) is 0. The molecule has 222 valence electrons. The van der Waals surface area contributed by atoms with Crippen molar-refractivity contribution in [1.29, 1.82) is 0 Å². The molecule has 3 heterocycles. The van der Waals surface area contributed by atoms with Gasteiger partial charge in [-0.25, -0.2) is 0 Å². The SMILES string of the molecule is C.CC(C)(C)c1ccc(N2CCCN(CCCC(=O)N3CCC(Nc4ccnc(C(F)(F)F)c4)CC3)CC2)cc1. The molecular formula is C31H46F3N5O. The number of halogens is 3. The summed E-state index contributed by atoms with van der Waals surface area (Å²) in [6.07, 6.45) is 0.633. The normalized spacial score (nSPS) is 17.8. The van der Waals surface area contributed by atoms with Gasteiger partial charge in [-0.3, -0.25) is 9.78 Å². The summed E-state index contributed by atoms with van der Waals surface area (Å²) < 4.78 is 38.8. The van der Waals surface area contributed by atoms with E-state index in [0.29, 0.717) is 38.0 Å². The van der Waals surface area contributed by atoms with Crippen LogP contribution in [-0.2, 0) is 16.4 Å². The number of carbonyl (C=O) groups is 1. The van der Waals surface area contributed by atoms with Crippen molar-refractivity contribution >= 4 is 17.3 Å². The second kappa shape index (κ2) is 13.7. The van der Waals surface area contributed by atoms with Crippen molar-refractivity contribution in [3.63, 3.8) is 0 Å². The number of anilines is 2. The van der Waals surface area contributed by atoms with Crippen molar-refractivity contribution in [2.45, 2.75) is 77.9 Å². The first-order chi connectivity index (χ1) is 18.5. The van der Waals surface area contributed by atoms with Gasteiger partial charge in [-0.1, -0.05) is 40.3 Å². The van der Waals surface area contributed by atoms with Gasteiger partial charge >= 0.3 is 6.18 Å². The molecule has 6 nitrogen and oxygen atoms in total. The second-order valence-electron chi connectivity index (χ2n) is 11.8. The highest BCUT2D eigenvalue weighted by Gasteiger charge is 2.33. The van der Waals surface area contributed by atoms with Gasteiger partial charge in [0.15, 0.2) is 0 Å². The largest absolute Gasteiger partial charge is 0.433 e. The predicted molar refractivity (Wildman–Crippen MR) is 157 cm³/mol. The van der Waals surface area contributed by atoms with Gasteiger partial charge in [0, 0.05) is 62.8 Å². The van der Waals surface area contributed by atoms with Gasteiger partial charge in [-0.15, -0.1) is 0 Å². The van der Waals surface area contributed by atoms with Crippen molar-refractivity contribution in [2.24, 2.45) is 0 Å². The van der Waals surface area contributed by atoms with Crippen LogP contribution in [0.3, 0.4) is 0 Å². The standard InChI is InChI=1S/C30H42F3N5O.CH4/c1-29(2,3)23-7-9-26(10-8-23)37-17-5-16-36(20-21-37)15-4-6-28(39)38-18-12-24(13-19-38)35-25-11-14-34-27(22-25)30(31,32)33;/h7-11,14,22,24H,4-6,12-13,15-21H2,1-3H3,(H,34,35);1H4. The van der Waals surface area contributed by atoms with E-state index < -0.39 is 11.9 Å². The second-order valence-corrected chi connectivity index (χ2v) is 11.8. The lowest BCUT2D eigenvalue weighted by molar-refractivity contribution is -0.141. The Morgan fingerprint density at radius 3 is 2.33 bits per heavy atom. The molecular weight excluding hydrogens is 515 g/mol. The highest BCUT2D eigenvalue weighted by Crippen LogP contribution is 2.29. The lowest BCUT2D eigenvalue weighted by Crippen LogP contribution is -2.42. The molecule has 0 unspecified atom stereocenters. The van der Waals surface area contributed by atoms with Gasteiger partial charge in [-0.2, -0.15) is 13.2 Å². The molecule has 1 amide bonds. The van der Waals surface area contributed by atoms with Crippen LogP contribution < -0.4 is 10.2 Å². The first kappa shape index (κ1) is 31.7. The summed E-state index contributed by atoms with van der Waals surface area (Å²) in [6, 6.07) is 11.6. The van der Waals surface area contributed by atoms with Crippen LogP contribution in [0.25, 0.3) is 0 Å². The number of carbonyl (C=O) groups excluding carboxylic acids is 1. The molecule has 0 aliphatic carbocycles. The van der Waals surface area contributed by atoms with E-state index in [1.807, 2.05) is 4.90 Å². The van der Waals surface area contributed by atoms with E-state index in [1.165, 1.54) is 17.4 Å². The number of hydrogen-bond donors (Lipinski definition) is 1. The number of nitrogens with zero attached hydrogens (tertiary/aromatic N) is 4. The molecule has 2 fully saturated rings. The number of nitrogens with one attached hydrogen (secondary N) is 1. The van der Waals surface area contributed by atoms with E-state index in [2.05, 4.69) is 65.1 Å². The van der Waals surface area contributed by atoms with Crippen LogP contribution in [0, 0.1) is 0 Å². The quantitative estimate of drug-likeness (QED) is 0.422. The van der Waals surface area contributed by atoms with Crippen molar-refractivity contribution in [2.75, 3.05) is 56.0 Å². The minimum atomic E-state index is -4.46. The highest BCUT2D eigenvalue weighted by atomic mass is 19.4. The maximum absolute atomic E-state index is 12.9. The number of alkyl halides is 3. The van der Waals surface area contributed by atoms with Crippen LogP contribution in [-0.4, -0.2) is 72.5 Å². The number of amides is 1. The molecule has 0 spiro atoms. The van der Waals surface area contributed by atoms with Crippen molar-refractivity contribution in [3.05, 3.63) is 53.9 Å². The third-order valence-corrected chi connectivity index (χ3v) is 7.82. The summed E-state index contributed by atoms with van der Waals surface area (Å²) in [6.45, 7) is 13.0. The molecule has 4 rings (SSSR count). The van der Waals surface area contributed by atoms with Crippen LogP contribution in [0.1, 0.15) is 71.6 Å². The molecule has 0 radical (unpaired) electrons. The molecule has 2 aromatic rings. The topological polar surface area (TPSA) is 51.7 Å².